The van der Waals surface area contributed by atoms with E-state index in [2.05, 4.69) is 202 Å². The van der Waals surface area contributed by atoms with Gasteiger partial charge in [0, 0.05) is 56.7 Å². The summed E-state index contributed by atoms with van der Waals surface area (Å²) in [6.07, 6.45) is 1.83. The Balaban J connectivity index is 0.886. The molecule has 0 unspecified atom stereocenters. The molecule has 14 rings (SSSR count). The van der Waals surface area contributed by atoms with Crippen LogP contribution in [0.3, 0.4) is 0 Å². The van der Waals surface area contributed by atoms with Crippen molar-refractivity contribution in [1.29, 1.82) is 0 Å². The lowest BCUT2D eigenvalue weighted by molar-refractivity contribution is 0.668. The van der Waals surface area contributed by atoms with E-state index in [9.17, 15) is 0 Å². The molecule has 0 aliphatic carbocycles. The van der Waals surface area contributed by atoms with Crippen LogP contribution in [0, 0.1) is 0 Å². The first-order valence-corrected chi connectivity index (χ1v) is 23.5. The summed E-state index contributed by atoms with van der Waals surface area (Å²) < 4.78 is 10.8. The predicted octanol–water partition coefficient (Wildman–Crippen LogP) is 16.4. The van der Waals surface area contributed by atoms with Gasteiger partial charge in [0.2, 0.25) is 0 Å². The van der Waals surface area contributed by atoms with E-state index in [1.165, 1.54) is 0 Å². The lowest BCUT2D eigenvalue weighted by atomic mass is 10.0. The van der Waals surface area contributed by atoms with Crippen molar-refractivity contribution < 1.29 is 4.42 Å². The average Bonchev–Trinajstić information content (AvgIpc) is 4.14. The second-order valence-corrected chi connectivity index (χ2v) is 17.7. The summed E-state index contributed by atoms with van der Waals surface area (Å²) in [5.41, 5.74) is 15.0. The van der Waals surface area contributed by atoms with E-state index in [1.54, 1.807) is 0 Å². The first-order valence-electron chi connectivity index (χ1n) is 23.5. The molecule has 0 amide bonds. The molecule has 7 heteroatoms. The number of aromatic nitrogens is 5. The number of anilines is 3. The summed E-state index contributed by atoms with van der Waals surface area (Å²) in [4.78, 5) is 17.6. The molecule has 0 saturated heterocycles. The van der Waals surface area contributed by atoms with Crippen LogP contribution in [0.2, 0.25) is 0 Å². The zero-order valence-electron chi connectivity index (χ0n) is 37.7. The lowest BCUT2D eigenvalue weighted by Gasteiger charge is -2.26. The Morgan fingerprint density at radius 3 is 1.43 bits per heavy atom. The summed E-state index contributed by atoms with van der Waals surface area (Å²) in [5.74, 6) is 1.82. The number of fused-ring (bicyclic) bond motifs is 7. The number of hydrogen-bond acceptors (Lipinski definition) is 5. The van der Waals surface area contributed by atoms with Crippen LogP contribution in [0.25, 0.3) is 111 Å². The van der Waals surface area contributed by atoms with Crippen LogP contribution < -0.4 is 4.90 Å². The topological polar surface area (TPSA) is 64.9 Å². The van der Waals surface area contributed by atoms with Crippen molar-refractivity contribution in [2.75, 3.05) is 4.90 Å². The number of pyridine rings is 1. The predicted molar refractivity (Wildman–Crippen MR) is 287 cm³/mol. The quantitative estimate of drug-likeness (QED) is 0.152. The molecule has 0 saturated carbocycles. The summed E-state index contributed by atoms with van der Waals surface area (Å²) in [6, 6.07) is 83.3. The number of imidazole rings is 2. The second-order valence-electron chi connectivity index (χ2n) is 17.7. The maximum Gasteiger partial charge on any atom is 0.145 e. The molecule has 4 heterocycles. The van der Waals surface area contributed by atoms with Crippen LogP contribution in [0.15, 0.2) is 247 Å². The minimum atomic E-state index is 0.824. The number of benzene rings is 10. The van der Waals surface area contributed by atoms with Gasteiger partial charge in [-0.2, -0.15) is 0 Å². The molecule has 0 spiro atoms. The Hall–Kier alpha value is -9.59. The molecule has 4 aromatic heterocycles. The van der Waals surface area contributed by atoms with Gasteiger partial charge in [-0.1, -0.05) is 127 Å². The summed E-state index contributed by atoms with van der Waals surface area (Å²) in [7, 11) is 0. The van der Waals surface area contributed by atoms with Gasteiger partial charge in [0.1, 0.15) is 22.8 Å². The summed E-state index contributed by atoms with van der Waals surface area (Å²) in [5, 5.41) is 6.58. The summed E-state index contributed by atoms with van der Waals surface area (Å²) >= 11 is 0. The van der Waals surface area contributed by atoms with Gasteiger partial charge in [0.15, 0.2) is 0 Å². The van der Waals surface area contributed by atoms with Gasteiger partial charge < -0.3 is 9.32 Å². The van der Waals surface area contributed by atoms with Gasteiger partial charge in [-0.25, -0.2) is 9.97 Å². The van der Waals surface area contributed by atoms with Crippen molar-refractivity contribution in [2.45, 2.75) is 0 Å². The molecule has 328 valence electrons. The third kappa shape index (κ3) is 6.55. The second kappa shape index (κ2) is 16.0. The Morgan fingerprint density at radius 2 is 0.843 bits per heavy atom. The van der Waals surface area contributed by atoms with Gasteiger partial charge in [0.05, 0.1) is 33.1 Å². The number of para-hydroxylation sites is 7. The number of nitrogens with zero attached hydrogens (tertiary/aromatic N) is 6. The van der Waals surface area contributed by atoms with Crippen molar-refractivity contribution in [1.82, 2.24) is 24.1 Å². The highest BCUT2D eigenvalue weighted by molar-refractivity contribution is 6.11. The van der Waals surface area contributed by atoms with Crippen LogP contribution in [0.5, 0.6) is 0 Å². The Kier molecular flexibility index (Phi) is 9.07. The molecular formula is C63H40N6O. The Morgan fingerprint density at radius 1 is 0.371 bits per heavy atom. The fourth-order valence-electron chi connectivity index (χ4n) is 10.2. The van der Waals surface area contributed by atoms with E-state index in [-0.39, 0.29) is 0 Å². The molecule has 14 aromatic rings. The molecule has 70 heavy (non-hydrogen) atoms. The van der Waals surface area contributed by atoms with E-state index in [4.69, 9.17) is 19.4 Å². The first kappa shape index (κ1) is 39.6. The molecule has 0 N–H and O–H groups in total. The van der Waals surface area contributed by atoms with E-state index in [0.29, 0.717) is 0 Å². The third-order valence-electron chi connectivity index (χ3n) is 13.5. The SMILES string of the molecule is c1ccc(-n2c(-c3ccc4cc(N(c5ccc(-c6nccc7oc8ccccc8c67)cc5)c5ccc6cc(-c7nc8ccccc8n7-c7ccccc7)ccc6c5)ccc4c3)nc3ccccc32)cc1. The molecule has 0 fully saturated rings. The van der Waals surface area contributed by atoms with E-state index < -0.39 is 0 Å². The Labute approximate surface area is 402 Å². The maximum atomic E-state index is 6.25. The first-order chi connectivity index (χ1) is 34.7. The van der Waals surface area contributed by atoms with Crippen molar-refractivity contribution >= 4 is 82.6 Å². The normalized spacial score (nSPS) is 11.7. The molecule has 0 atom stereocenters. The molecular weight excluding hydrogens is 857 g/mol. The van der Waals surface area contributed by atoms with E-state index in [0.717, 1.165) is 128 Å². The molecule has 0 radical (unpaired) electrons. The van der Waals surface area contributed by atoms with Crippen LogP contribution in [-0.2, 0) is 0 Å². The third-order valence-corrected chi connectivity index (χ3v) is 13.5. The highest BCUT2D eigenvalue weighted by Crippen LogP contribution is 2.42. The molecule has 7 nitrogen and oxygen atoms in total. The average molecular weight is 897 g/mol. The minimum absolute atomic E-state index is 0.824. The van der Waals surface area contributed by atoms with Gasteiger partial charge in [-0.15, -0.1) is 0 Å². The van der Waals surface area contributed by atoms with Crippen LogP contribution in [-0.4, -0.2) is 24.1 Å². The van der Waals surface area contributed by atoms with Crippen LogP contribution >= 0.6 is 0 Å². The fraction of sp³-hybridized carbons (Fsp3) is 0. The molecule has 0 aliphatic rings. The summed E-state index contributed by atoms with van der Waals surface area (Å²) in [6.45, 7) is 0. The van der Waals surface area contributed by atoms with E-state index >= 15 is 0 Å². The molecule has 0 bridgehead atoms. The van der Waals surface area contributed by atoms with Gasteiger partial charge in [-0.3, -0.25) is 14.1 Å². The number of hydrogen-bond donors (Lipinski definition) is 0. The van der Waals surface area contributed by atoms with Crippen molar-refractivity contribution in [3.8, 4) is 45.4 Å². The fourth-order valence-corrected chi connectivity index (χ4v) is 10.2. The van der Waals surface area contributed by atoms with Crippen molar-refractivity contribution in [2.24, 2.45) is 0 Å². The zero-order valence-corrected chi connectivity index (χ0v) is 37.7. The molecule has 0 aliphatic heterocycles. The van der Waals surface area contributed by atoms with Crippen molar-refractivity contribution in [3.63, 3.8) is 0 Å². The largest absolute Gasteiger partial charge is 0.456 e. The van der Waals surface area contributed by atoms with Gasteiger partial charge >= 0.3 is 0 Å². The van der Waals surface area contributed by atoms with Crippen LogP contribution in [0.4, 0.5) is 17.1 Å². The molecule has 10 aromatic carbocycles. The van der Waals surface area contributed by atoms with Gasteiger partial charge in [0.25, 0.3) is 0 Å². The smallest absolute Gasteiger partial charge is 0.145 e. The minimum Gasteiger partial charge on any atom is -0.456 e. The highest BCUT2D eigenvalue weighted by Gasteiger charge is 2.20. The van der Waals surface area contributed by atoms with Crippen molar-refractivity contribution in [3.05, 3.63) is 243 Å². The monoisotopic (exact) mass is 896 g/mol. The van der Waals surface area contributed by atoms with Gasteiger partial charge in [-0.05, 0) is 131 Å². The van der Waals surface area contributed by atoms with Crippen LogP contribution in [0.1, 0.15) is 0 Å². The van der Waals surface area contributed by atoms with E-state index in [1.807, 2.05) is 54.7 Å². The Bertz CT molecular complexity index is 4100. The highest BCUT2D eigenvalue weighted by atomic mass is 16.3. The lowest BCUT2D eigenvalue weighted by Crippen LogP contribution is -2.10. The zero-order chi connectivity index (χ0) is 46.1. The number of rotatable bonds is 8. The standard InChI is InChI=1S/C63H40N6O/c1-3-13-48(14-4-1)68-56-20-10-8-18-54(56)65-62(68)46-25-23-44-39-51(33-29-42(44)37-46)67(50-31-27-41(28-32-50)61-60-53-17-7-12-22-58(53)70-59(60)35-36-64-61)52-34-30-43-38-47(26-24-45(43)40-52)63-66-55-19-9-11-21-57(55)69(63)49-15-5-2-6-16-49/h1-40H. The number of furan rings is 1. The maximum absolute atomic E-state index is 6.25.